The Labute approximate surface area is 173 Å². The van der Waals surface area contributed by atoms with Crippen molar-refractivity contribution in [2.45, 2.75) is 51.6 Å². The number of benzene rings is 1. The number of aromatic nitrogens is 2. The third kappa shape index (κ3) is 4.09. The van der Waals surface area contributed by atoms with Crippen molar-refractivity contribution in [3.8, 4) is 11.4 Å². The second-order valence-corrected chi connectivity index (χ2v) is 8.89. The van der Waals surface area contributed by atoms with Crippen LogP contribution in [0.5, 0.6) is 0 Å². The molecule has 2 aliphatic rings. The first-order valence-electron chi connectivity index (χ1n) is 10.5. The van der Waals surface area contributed by atoms with Crippen molar-refractivity contribution >= 4 is 5.91 Å². The molecule has 2 fully saturated rings. The van der Waals surface area contributed by atoms with Crippen molar-refractivity contribution in [2.24, 2.45) is 23.7 Å². The minimum atomic E-state index is -4.39. The third-order valence-electron chi connectivity index (χ3n) is 6.44. The second-order valence-electron chi connectivity index (χ2n) is 8.89. The average Bonchev–Trinajstić information content (AvgIpc) is 3.42. The lowest BCUT2D eigenvalue weighted by atomic mass is 9.78. The van der Waals surface area contributed by atoms with Crippen LogP contribution in [0.25, 0.3) is 11.4 Å². The molecule has 162 valence electrons. The summed E-state index contributed by atoms with van der Waals surface area (Å²) in [5.41, 5.74) is -0.264. The molecule has 0 spiro atoms. The molecule has 1 aromatic heterocycles. The molecule has 1 N–H and O–H groups in total. The Morgan fingerprint density at radius 2 is 1.90 bits per heavy atom. The van der Waals surface area contributed by atoms with E-state index in [0.29, 0.717) is 35.8 Å². The Balaban J connectivity index is 1.52. The van der Waals surface area contributed by atoms with E-state index in [1.54, 1.807) is 0 Å². The number of rotatable bonds is 6. The standard InChI is InChI=1S/C22H26F3N3O2/c1-12(2)9-10-26-20(29)17-14-3-4-15(11-14)18(17)21-27-19(28-30-21)13-5-7-16(8-6-13)22(23,24)25/h5-8,12,14-15,17-18H,3-4,9-11H2,1-2H3,(H,26,29)/t14-,15+,17-,18-/m0/s1. The Kier molecular flexibility index (Phi) is 5.59. The highest BCUT2D eigenvalue weighted by atomic mass is 19.4. The molecule has 8 heteroatoms. The summed E-state index contributed by atoms with van der Waals surface area (Å²) in [6.07, 6.45) is -0.423. The van der Waals surface area contributed by atoms with Crippen LogP contribution in [-0.2, 0) is 11.0 Å². The zero-order chi connectivity index (χ0) is 21.5. The second kappa shape index (κ2) is 8.04. The Hall–Kier alpha value is -2.38. The highest BCUT2D eigenvalue weighted by Crippen LogP contribution is 2.56. The molecule has 30 heavy (non-hydrogen) atoms. The Morgan fingerprint density at radius 1 is 1.20 bits per heavy atom. The smallest absolute Gasteiger partial charge is 0.356 e. The molecule has 2 bridgehead atoms. The van der Waals surface area contributed by atoms with Crippen LogP contribution in [0, 0.1) is 23.7 Å². The monoisotopic (exact) mass is 421 g/mol. The third-order valence-corrected chi connectivity index (χ3v) is 6.44. The fourth-order valence-electron chi connectivity index (χ4n) is 4.92. The van der Waals surface area contributed by atoms with Gasteiger partial charge in [0.2, 0.25) is 17.6 Å². The van der Waals surface area contributed by atoms with Gasteiger partial charge in [-0.05, 0) is 55.6 Å². The Bertz CT molecular complexity index is 892. The predicted molar refractivity (Wildman–Crippen MR) is 104 cm³/mol. The molecule has 0 unspecified atom stereocenters. The molecule has 2 aliphatic carbocycles. The number of hydrogen-bond donors (Lipinski definition) is 1. The summed E-state index contributed by atoms with van der Waals surface area (Å²) in [6, 6.07) is 4.70. The number of fused-ring (bicyclic) bond motifs is 2. The van der Waals surface area contributed by atoms with Crippen molar-refractivity contribution in [3.63, 3.8) is 0 Å². The molecule has 4 rings (SSSR count). The Morgan fingerprint density at radius 3 is 2.57 bits per heavy atom. The summed E-state index contributed by atoms with van der Waals surface area (Å²) in [7, 11) is 0. The number of nitrogens with zero attached hydrogens (tertiary/aromatic N) is 2. The predicted octanol–water partition coefficient (Wildman–Crippen LogP) is 5.05. The highest BCUT2D eigenvalue weighted by Gasteiger charge is 2.53. The SMILES string of the molecule is CC(C)CCNC(=O)[C@H]1[C@H]2CC[C@H](C2)[C@@H]1c1nc(-c2ccc(C(F)(F)F)cc2)no1. The first-order chi connectivity index (χ1) is 14.2. The van der Waals surface area contributed by atoms with Gasteiger partial charge >= 0.3 is 6.18 Å². The molecule has 1 aromatic carbocycles. The highest BCUT2D eigenvalue weighted by molar-refractivity contribution is 5.80. The van der Waals surface area contributed by atoms with Crippen LogP contribution in [0.2, 0.25) is 0 Å². The summed E-state index contributed by atoms with van der Waals surface area (Å²) in [4.78, 5) is 17.4. The number of halogens is 3. The summed E-state index contributed by atoms with van der Waals surface area (Å²) >= 11 is 0. The van der Waals surface area contributed by atoms with E-state index in [0.717, 1.165) is 37.8 Å². The maximum Gasteiger partial charge on any atom is 0.416 e. The largest absolute Gasteiger partial charge is 0.416 e. The quantitative estimate of drug-likeness (QED) is 0.709. The summed E-state index contributed by atoms with van der Waals surface area (Å²) in [5.74, 6) is 1.57. The zero-order valence-electron chi connectivity index (χ0n) is 17.1. The van der Waals surface area contributed by atoms with Crippen LogP contribution in [0.4, 0.5) is 13.2 Å². The number of nitrogens with one attached hydrogen (secondary N) is 1. The van der Waals surface area contributed by atoms with Gasteiger partial charge in [0.05, 0.1) is 17.4 Å². The van der Waals surface area contributed by atoms with E-state index in [-0.39, 0.29) is 23.6 Å². The van der Waals surface area contributed by atoms with Crippen LogP contribution < -0.4 is 5.32 Å². The van der Waals surface area contributed by atoms with E-state index in [9.17, 15) is 18.0 Å². The number of carbonyl (C=O) groups excluding carboxylic acids is 1. The van der Waals surface area contributed by atoms with Gasteiger partial charge in [0.15, 0.2) is 0 Å². The normalized spacial score (nSPS) is 25.8. The maximum absolute atomic E-state index is 12.9. The van der Waals surface area contributed by atoms with E-state index in [1.165, 1.54) is 12.1 Å². The molecule has 5 nitrogen and oxygen atoms in total. The van der Waals surface area contributed by atoms with Gasteiger partial charge in [-0.1, -0.05) is 31.1 Å². The fourth-order valence-corrected chi connectivity index (χ4v) is 4.92. The molecular formula is C22H26F3N3O2. The van der Waals surface area contributed by atoms with Gasteiger partial charge in [-0.25, -0.2) is 0 Å². The summed E-state index contributed by atoms with van der Waals surface area (Å²) in [5, 5.41) is 7.05. The molecule has 0 saturated heterocycles. The van der Waals surface area contributed by atoms with Crippen molar-refractivity contribution in [1.29, 1.82) is 0 Å². The van der Waals surface area contributed by atoms with Crippen molar-refractivity contribution in [1.82, 2.24) is 15.5 Å². The molecule has 0 radical (unpaired) electrons. The van der Waals surface area contributed by atoms with E-state index in [4.69, 9.17) is 4.52 Å². The number of alkyl halides is 3. The molecule has 2 saturated carbocycles. The molecule has 1 heterocycles. The lowest BCUT2D eigenvalue weighted by molar-refractivity contribution is -0.137. The first kappa shape index (κ1) is 20.9. The van der Waals surface area contributed by atoms with Crippen LogP contribution in [-0.4, -0.2) is 22.6 Å². The van der Waals surface area contributed by atoms with Crippen molar-refractivity contribution < 1.29 is 22.5 Å². The van der Waals surface area contributed by atoms with E-state index in [2.05, 4.69) is 29.3 Å². The minimum Gasteiger partial charge on any atom is -0.356 e. The zero-order valence-corrected chi connectivity index (χ0v) is 17.1. The van der Waals surface area contributed by atoms with E-state index >= 15 is 0 Å². The summed E-state index contributed by atoms with van der Waals surface area (Å²) < 4.78 is 43.9. The fraction of sp³-hybridized carbons (Fsp3) is 0.591. The van der Waals surface area contributed by atoms with Gasteiger partial charge in [0.25, 0.3) is 0 Å². The van der Waals surface area contributed by atoms with Gasteiger partial charge in [-0.3, -0.25) is 4.79 Å². The maximum atomic E-state index is 12.9. The first-order valence-corrected chi connectivity index (χ1v) is 10.5. The molecule has 1 amide bonds. The van der Waals surface area contributed by atoms with Crippen molar-refractivity contribution in [2.75, 3.05) is 6.54 Å². The number of amides is 1. The minimum absolute atomic E-state index is 0.0436. The van der Waals surface area contributed by atoms with Crippen molar-refractivity contribution in [3.05, 3.63) is 35.7 Å². The van der Waals surface area contributed by atoms with Crippen LogP contribution in [0.15, 0.2) is 28.8 Å². The lowest BCUT2D eigenvalue weighted by Crippen LogP contribution is -2.38. The summed E-state index contributed by atoms with van der Waals surface area (Å²) in [6.45, 7) is 4.89. The molecule has 4 atom stereocenters. The topological polar surface area (TPSA) is 68.0 Å². The lowest BCUT2D eigenvalue weighted by Gasteiger charge is -2.27. The van der Waals surface area contributed by atoms with Gasteiger partial charge in [-0.2, -0.15) is 18.2 Å². The number of hydrogen-bond acceptors (Lipinski definition) is 4. The van der Waals surface area contributed by atoms with Crippen LogP contribution in [0.3, 0.4) is 0 Å². The molecule has 0 aliphatic heterocycles. The average molecular weight is 421 g/mol. The van der Waals surface area contributed by atoms with Gasteiger partial charge in [-0.15, -0.1) is 0 Å². The molecular weight excluding hydrogens is 395 g/mol. The van der Waals surface area contributed by atoms with Gasteiger partial charge in [0, 0.05) is 12.1 Å². The molecule has 2 aromatic rings. The van der Waals surface area contributed by atoms with Gasteiger partial charge in [0.1, 0.15) is 0 Å². The van der Waals surface area contributed by atoms with Crippen LogP contribution in [0.1, 0.15) is 56.9 Å². The number of carbonyl (C=O) groups is 1. The van der Waals surface area contributed by atoms with Gasteiger partial charge < -0.3 is 9.84 Å². The van der Waals surface area contributed by atoms with E-state index < -0.39 is 11.7 Å². The van der Waals surface area contributed by atoms with Crippen LogP contribution >= 0.6 is 0 Å². The van der Waals surface area contributed by atoms with E-state index in [1.807, 2.05) is 0 Å².